The lowest BCUT2D eigenvalue weighted by Crippen LogP contribution is -2.23. The summed E-state index contributed by atoms with van der Waals surface area (Å²) in [6.45, 7) is 2.13. The number of unbranched alkanes of at least 4 members (excludes halogenated alkanes) is 1. The standard InChI is InChI=1S/C23H17F5N2OS/c1-2-3-4-13-5-7-18-19(9-13)32-22(30-18)14-6-8-20(29-12-14)23(27,28)31-15-10-16(24)21(26)17(25)11-15/h5-12H,2-4H2,1H3. The third kappa shape index (κ3) is 4.57. The summed E-state index contributed by atoms with van der Waals surface area (Å²) in [5, 5.41) is 0.624. The number of halogens is 5. The molecule has 0 saturated heterocycles. The monoisotopic (exact) mass is 464 g/mol. The zero-order chi connectivity index (χ0) is 22.9. The van der Waals surface area contributed by atoms with Crippen LogP contribution in [0.3, 0.4) is 0 Å². The van der Waals surface area contributed by atoms with Gasteiger partial charge in [0.1, 0.15) is 10.8 Å². The van der Waals surface area contributed by atoms with Crippen molar-refractivity contribution in [2.45, 2.75) is 32.3 Å². The van der Waals surface area contributed by atoms with Gasteiger partial charge in [0, 0.05) is 23.9 Å². The van der Waals surface area contributed by atoms with E-state index in [1.165, 1.54) is 29.2 Å². The average Bonchev–Trinajstić information content (AvgIpc) is 3.19. The van der Waals surface area contributed by atoms with Gasteiger partial charge >= 0.3 is 6.11 Å². The number of pyridine rings is 1. The van der Waals surface area contributed by atoms with E-state index in [0.29, 0.717) is 22.7 Å². The molecule has 4 rings (SSSR count). The van der Waals surface area contributed by atoms with E-state index in [9.17, 15) is 22.0 Å². The number of rotatable bonds is 7. The normalized spacial score (nSPS) is 11.8. The maximum Gasteiger partial charge on any atom is 0.444 e. The second-order valence-corrected chi connectivity index (χ2v) is 8.21. The van der Waals surface area contributed by atoms with E-state index < -0.39 is 35.0 Å². The largest absolute Gasteiger partial charge is 0.444 e. The van der Waals surface area contributed by atoms with Crippen LogP contribution in [0.4, 0.5) is 22.0 Å². The third-order valence-electron chi connectivity index (χ3n) is 4.78. The summed E-state index contributed by atoms with van der Waals surface area (Å²) in [6, 6.07) is 9.20. The number of ether oxygens (including phenoxy) is 1. The molecule has 2 aromatic carbocycles. The third-order valence-corrected chi connectivity index (χ3v) is 5.85. The van der Waals surface area contributed by atoms with Gasteiger partial charge in [-0.15, -0.1) is 11.3 Å². The number of benzene rings is 2. The van der Waals surface area contributed by atoms with Crippen molar-refractivity contribution < 1.29 is 26.7 Å². The Balaban J connectivity index is 1.55. The minimum atomic E-state index is -3.99. The highest BCUT2D eigenvalue weighted by Crippen LogP contribution is 2.34. The molecule has 166 valence electrons. The second-order valence-electron chi connectivity index (χ2n) is 7.18. The lowest BCUT2D eigenvalue weighted by Gasteiger charge is -2.17. The lowest BCUT2D eigenvalue weighted by atomic mass is 10.1. The second kappa shape index (κ2) is 8.82. The van der Waals surface area contributed by atoms with E-state index in [2.05, 4.69) is 27.7 Å². The first kappa shape index (κ1) is 22.1. The van der Waals surface area contributed by atoms with Crippen LogP contribution in [0.25, 0.3) is 20.8 Å². The van der Waals surface area contributed by atoms with Gasteiger partial charge in [0.2, 0.25) is 0 Å². The molecule has 0 amide bonds. The van der Waals surface area contributed by atoms with E-state index in [-0.39, 0.29) is 0 Å². The van der Waals surface area contributed by atoms with Gasteiger partial charge in [-0.3, -0.25) is 4.98 Å². The fourth-order valence-electron chi connectivity index (χ4n) is 3.11. The molecule has 0 spiro atoms. The Hall–Kier alpha value is -3.07. The minimum Gasteiger partial charge on any atom is -0.428 e. The maximum atomic E-state index is 14.4. The molecule has 0 radical (unpaired) electrons. The molecule has 0 aliphatic rings. The summed E-state index contributed by atoms with van der Waals surface area (Å²) < 4.78 is 73.8. The van der Waals surface area contributed by atoms with Crippen LogP contribution in [0.1, 0.15) is 31.0 Å². The quantitative estimate of drug-likeness (QED) is 0.214. The van der Waals surface area contributed by atoms with Crippen LogP contribution in [0.2, 0.25) is 0 Å². The van der Waals surface area contributed by atoms with E-state index >= 15 is 0 Å². The van der Waals surface area contributed by atoms with E-state index in [0.717, 1.165) is 35.5 Å². The van der Waals surface area contributed by atoms with Crippen molar-refractivity contribution in [2.75, 3.05) is 0 Å². The molecule has 0 aliphatic carbocycles. The topological polar surface area (TPSA) is 35.0 Å². The fourth-order valence-corrected chi connectivity index (χ4v) is 4.13. The van der Waals surface area contributed by atoms with Gasteiger partial charge in [0.05, 0.1) is 10.2 Å². The molecule has 0 fully saturated rings. The molecule has 2 aromatic heterocycles. The summed E-state index contributed by atoms with van der Waals surface area (Å²) >= 11 is 1.43. The minimum absolute atomic E-state index is 0.344. The van der Waals surface area contributed by atoms with Crippen LogP contribution in [-0.2, 0) is 12.5 Å². The van der Waals surface area contributed by atoms with Crippen LogP contribution in [0.15, 0.2) is 48.7 Å². The van der Waals surface area contributed by atoms with E-state index in [4.69, 9.17) is 0 Å². The van der Waals surface area contributed by atoms with Crippen LogP contribution < -0.4 is 4.74 Å². The number of aromatic nitrogens is 2. The highest BCUT2D eigenvalue weighted by Gasteiger charge is 2.37. The molecule has 9 heteroatoms. The van der Waals surface area contributed by atoms with E-state index in [1.807, 2.05) is 12.1 Å². The van der Waals surface area contributed by atoms with Crippen molar-refractivity contribution in [2.24, 2.45) is 0 Å². The van der Waals surface area contributed by atoms with Crippen molar-refractivity contribution >= 4 is 21.6 Å². The molecule has 3 nitrogen and oxygen atoms in total. The van der Waals surface area contributed by atoms with Gasteiger partial charge in [0.15, 0.2) is 23.1 Å². The van der Waals surface area contributed by atoms with Crippen molar-refractivity contribution in [3.8, 4) is 16.3 Å². The molecule has 0 aliphatic heterocycles. The number of aryl methyl sites for hydroxylation is 1. The first-order valence-corrected chi connectivity index (χ1v) is 10.7. The summed E-state index contributed by atoms with van der Waals surface area (Å²) in [4.78, 5) is 8.28. The molecule has 0 saturated carbocycles. The molecular formula is C23H17F5N2OS. The maximum absolute atomic E-state index is 14.4. The summed E-state index contributed by atoms with van der Waals surface area (Å²) in [7, 11) is 0. The van der Waals surface area contributed by atoms with Crippen LogP contribution >= 0.6 is 11.3 Å². The van der Waals surface area contributed by atoms with Crippen LogP contribution in [-0.4, -0.2) is 9.97 Å². The SMILES string of the molecule is CCCCc1ccc2nc(-c3ccc(C(F)(F)Oc4cc(F)c(F)c(F)c4)nc3)sc2c1. The first-order valence-electron chi connectivity index (χ1n) is 9.84. The van der Waals surface area contributed by atoms with Gasteiger partial charge in [-0.2, -0.15) is 8.78 Å². The number of hydrogen-bond donors (Lipinski definition) is 0. The van der Waals surface area contributed by atoms with Crippen molar-refractivity contribution in [1.29, 1.82) is 0 Å². The highest BCUT2D eigenvalue weighted by atomic mass is 32.1. The predicted molar refractivity (Wildman–Crippen MR) is 112 cm³/mol. The highest BCUT2D eigenvalue weighted by molar-refractivity contribution is 7.21. The van der Waals surface area contributed by atoms with Crippen molar-refractivity contribution in [3.63, 3.8) is 0 Å². The number of alkyl halides is 2. The van der Waals surface area contributed by atoms with Gasteiger partial charge in [-0.05, 0) is 42.7 Å². The Labute approximate surface area is 184 Å². The molecular weight excluding hydrogens is 447 g/mol. The number of nitrogens with zero attached hydrogens (tertiary/aromatic N) is 2. The summed E-state index contributed by atoms with van der Waals surface area (Å²) in [5.41, 5.74) is 1.80. The Kier molecular flexibility index (Phi) is 6.10. The smallest absolute Gasteiger partial charge is 0.428 e. The van der Waals surface area contributed by atoms with Crippen LogP contribution in [0.5, 0.6) is 5.75 Å². The molecule has 0 atom stereocenters. The number of thiazole rings is 1. The summed E-state index contributed by atoms with van der Waals surface area (Å²) in [5.74, 6) is -5.89. The predicted octanol–water partition coefficient (Wildman–Crippen LogP) is 7.25. The Morgan fingerprint density at radius 2 is 1.75 bits per heavy atom. The van der Waals surface area contributed by atoms with Crippen molar-refractivity contribution in [3.05, 3.63) is 77.4 Å². The molecule has 32 heavy (non-hydrogen) atoms. The van der Waals surface area contributed by atoms with E-state index in [1.54, 1.807) is 0 Å². The Bertz CT molecular complexity index is 1230. The molecule has 4 aromatic rings. The number of hydrogen-bond acceptors (Lipinski definition) is 4. The Morgan fingerprint density at radius 3 is 2.41 bits per heavy atom. The van der Waals surface area contributed by atoms with Gasteiger partial charge in [0.25, 0.3) is 0 Å². The zero-order valence-electron chi connectivity index (χ0n) is 16.8. The van der Waals surface area contributed by atoms with Gasteiger partial charge < -0.3 is 4.74 Å². The first-order chi connectivity index (χ1) is 15.3. The summed E-state index contributed by atoms with van der Waals surface area (Å²) in [6.07, 6.45) is 0.414. The zero-order valence-corrected chi connectivity index (χ0v) is 17.7. The molecule has 2 heterocycles. The van der Waals surface area contributed by atoms with Gasteiger partial charge in [-0.1, -0.05) is 19.4 Å². The molecule has 0 unspecified atom stereocenters. The fraction of sp³-hybridized carbons (Fsp3) is 0.217. The lowest BCUT2D eigenvalue weighted by molar-refractivity contribution is -0.188. The molecule has 0 N–H and O–H groups in total. The number of fused-ring (bicyclic) bond motifs is 1. The molecule has 0 bridgehead atoms. The van der Waals surface area contributed by atoms with Gasteiger partial charge in [-0.25, -0.2) is 18.2 Å². The Morgan fingerprint density at radius 1 is 1.00 bits per heavy atom. The van der Waals surface area contributed by atoms with Crippen molar-refractivity contribution in [1.82, 2.24) is 9.97 Å². The van der Waals surface area contributed by atoms with Crippen LogP contribution in [0, 0.1) is 17.5 Å². The average molecular weight is 464 g/mol.